The summed E-state index contributed by atoms with van der Waals surface area (Å²) in [6, 6.07) is 3.98. The van der Waals surface area contributed by atoms with Crippen molar-refractivity contribution in [3.8, 4) is 0 Å². The van der Waals surface area contributed by atoms with Crippen molar-refractivity contribution in [1.29, 1.82) is 0 Å². The fourth-order valence-corrected chi connectivity index (χ4v) is 2.12. The molecule has 0 heterocycles. The van der Waals surface area contributed by atoms with Crippen molar-refractivity contribution in [1.82, 2.24) is 0 Å². The molecular formula is C12H11ClF2. The number of halogens is 3. The summed E-state index contributed by atoms with van der Waals surface area (Å²) in [5.41, 5.74) is 1.75. The first-order chi connectivity index (χ1) is 7.16. The van der Waals surface area contributed by atoms with Crippen LogP contribution in [0.15, 0.2) is 24.3 Å². The van der Waals surface area contributed by atoms with E-state index in [1.807, 2.05) is 6.08 Å². The van der Waals surface area contributed by atoms with Gasteiger partial charge in [-0.05, 0) is 42.5 Å². The van der Waals surface area contributed by atoms with Gasteiger partial charge in [-0.15, -0.1) is 11.6 Å². The van der Waals surface area contributed by atoms with Crippen LogP contribution in [0, 0.1) is 11.6 Å². The van der Waals surface area contributed by atoms with Crippen molar-refractivity contribution in [3.63, 3.8) is 0 Å². The van der Waals surface area contributed by atoms with E-state index in [9.17, 15) is 8.78 Å². The van der Waals surface area contributed by atoms with Crippen LogP contribution < -0.4 is 0 Å². The molecule has 80 valence electrons. The van der Waals surface area contributed by atoms with Gasteiger partial charge in [0.25, 0.3) is 0 Å². The van der Waals surface area contributed by atoms with E-state index in [4.69, 9.17) is 11.6 Å². The van der Waals surface area contributed by atoms with Crippen LogP contribution in [-0.4, -0.2) is 5.38 Å². The van der Waals surface area contributed by atoms with Gasteiger partial charge in [-0.1, -0.05) is 12.1 Å². The highest BCUT2D eigenvalue weighted by molar-refractivity contribution is 6.22. The van der Waals surface area contributed by atoms with Gasteiger partial charge < -0.3 is 0 Å². The number of hydrogen-bond acceptors (Lipinski definition) is 0. The largest absolute Gasteiger partial charge is 0.204 e. The third-order valence-electron chi connectivity index (χ3n) is 2.60. The maximum Gasteiger partial charge on any atom is 0.159 e. The van der Waals surface area contributed by atoms with Crippen LogP contribution in [-0.2, 0) is 0 Å². The van der Waals surface area contributed by atoms with Crippen molar-refractivity contribution < 1.29 is 8.78 Å². The van der Waals surface area contributed by atoms with Crippen molar-refractivity contribution in [3.05, 3.63) is 41.5 Å². The van der Waals surface area contributed by atoms with E-state index in [0.29, 0.717) is 0 Å². The average Bonchev–Trinajstić information content (AvgIpc) is 2.22. The second kappa shape index (κ2) is 4.31. The van der Waals surface area contributed by atoms with Crippen molar-refractivity contribution in [2.45, 2.75) is 24.6 Å². The van der Waals surface area contributed by atoms with Crippen LogP contribution in [0.1, 0.15) is 24.8 Å². The van der Waals surface area contributed by atoms with E-state index in [1.165, 1.54) is 6.07 Å². The molecule has 0 spiro atoms. The van der Waals surface area contributed by atoms with Crippen LogP contribution in [0.4, 0.5) is 8.78 Å². The van der Waals surface area contributed by atoms with E-state index in [1.54, 1.807) is 6.07 Å². The lowest BCUT2D eigenvalue weighted by molar-refractivity contribution is 0.508. The highest BCUT2D eigenvalue weighted by Crippen LogP contribution is 2.29. The Bertz CT molecular complexity index is 399. The lowest BCUT2D eigenvalue weighted by Gasteiger charge is -2.16. The predicted molar refractivity (Wildman–Crippen MR) is 57.8 cm³/mol. The Morgan fingerprint density at radius 3 is 2.67 bits per heavy atom. The molecule has 1 aliphatic rings. The minimum Gasteiger partial charge on any atom is -0.204 e. The zero-order valence-electron chi connectivity index (χ0n) is 8.14. The third-order valence-corrected chi connectivity index (χ3v) is 2.94. The SMILES string of the molecule is Fc1ccc(C2=CC(Cl)CCC2)cc1F. The highest BCUT2D eigenvalue weighted by Gasteiger charge is 2.13. The summed E-state index contributed by atoms with van der Waals surface area (Å²) < 4.78 is 25.7. The number of alkyl halides is 1. The first-order valence-corrected chi connectivity index (χ1v) is 5.40. The standard InChI is InChI=1S/C12H11ClF2/c13-10-3-1-2-8(6-10)9-4-5-11(14)12(15)7-9/h4-7,10H,1-3H2. The lowest BCUT2D eigenvalue weighted by Crippen LogP contribution is -2.03. The smallest absolute Gasteiger partial charge is 0.159 e. The van der Waals surface area contributed by atoms with Gasteiger partial charge in [-0.25, -0.2) is 8.78 Å². The number of hydrogen-bond donors (Lipinski definition) is 0. The maximum absolute atomic E-state index is 13.0. The van der Waals surface area contributed by atoms with Crippen LogP contribution >= 0.6 is 11.6 Å². The van der Waals surface area contributed by atoms with Crippen molar-refractivity contribution >= 4 is 17.2 Å². The maximum atomic E-state index is 13.0. The molecule has 0 N–H and O–H groups in total. The topological polar surface area (TPSA) is 0 Å². The molecule has 1 aromatic rings. The summed E-state index contributed by atoms with van der Waals surface area (Å²) in [6.07, 6.45) is 4.76. The van der Waals surface area contributed by atoms with Crippen LogP contribution in [0.25, 0.3) is 5.57 Å². The summed E-state index contributed by atoms with van der Waals surface area (Å²) in [7, 11) is 0. The molecular weight excluding hydrogens is 218 g/mol. The van der Waals surface area contributed by atoms with Crippen LogP contribution in [0.3, 0.4) is 0 Å². The molecule has 0 saturated carbocycles. The first-order valence-electron chi connectivity index (χ1n) is 4.97. The van der Waals surface area contributed by atoms with Crippen molar-refractivity contribution in [2.75, 3.05) is 0 Å². The minimum absolute atomic E-state index is 0.0156. The van der Waals surface area contributed by atoms with E-state index in [2.05, 4.69) is 0 Å². The zero-order valence-corrected chi connectivity index (χ0v) is 8.90. The van der Waals surface area contributed by atoms with Gasteiger partial charge >= 0.3 is 0 Å². The monoisotopic (exact) mass is 228 g/mol. The summed E-state index contributed by atoms with van der Waals surface area (Å²) >= 11 is 5.99. The molecule has 3 heteroatoms. The highest BCUT2D eigenvalue weighted by atomic mass is 35.5. The van der Waals surface area contributed by atoms with Gasteiger partial charge in [0.2, 0.25) is 0 Å². The van der Waals surface area contributed by atoms with Gasteiger partial charge in [-0.2, -0.15) is 0 Å². The van der Waals surface area contributed by atoms with Gasteiger partial charge in [0, 0.05) is 0 Å². The van der Waals surface area contributed by atoms with E-state index in [-0.39, 0.29) is 5.38 Å². The van der Waals surface area contributed by atoms with Crippen LogP contribution in [0.2, 0.25) is 0 Å². The molecule has 1 aromatic carbocycles. The van der Waals surface area contributed by atoms with Gasteiger partial charge in [0.05, 0.1) is 5.38 Å². The lowest BCUT2D eigenvalue weighted by atomic mass is 9.93. The van der Waals surface area contributed by atoms with Gasteiger partial charge in [0.15, 0.2) is 11.6 Å². The van der Waals surface area contributed by atoms with Crippen molar-refractivity contribution in [2.24, 2.45) is 0 Å². The molecule has 1 aliphatic carbocycles. The molecule has 0 bridgehead atoms. The average molecular weight is 229 g/mol. The molecule has 0 radical (unpaired) electrons. The molecule has 0 aliphatic heterocycles. The zero-order chi connectivity index (χ0) is 10.8. The molecule has 0 amide bonds. The minimum atomic E-state index is -0.808. The summed E-state index contributed by atoms with van der Waals surface area (Å²) in [5.74, 6) is -1.61. The molecule has 15 heavy (non-hydrogen) atoms. The van der Waals surface area contributed by atoms with Gasteiger partial charge in [-0.3, -0.25) is 0 Å². The van der Waals surface area contributed by atoms with Gasteiger partial charge in [0.1, 0.15) is 0 Å². The molecule has 0 aromatic heterocycles. The van der Waals surface area contributed by atoms with E-state index >= 15 is 0 Å². The molecule has 0 nitrogen and oxygen atoms in total. The Kier molecular flexibility index (Phi) is 3.06. The number of benzene rings is 1. The number of allylic oxidation sites excluding steroid dienone is 2. The van der Waals surface area contributed by atoms with Crippen LogP contribution in [0.5, 0.6) is 0 Å². The molecule has 0 fully saturated rings. The second-order valence-electron chi connectivity index (χ2n) is 3.73. The molecule has 1 atom stereocenters. The summed E-state index contributed by atoms with van der Waals surface area (Å²) in [5, 5.41) is 0.0156. The Balaban J connectivity index is 2.33. The van der Waals surface area contributed by atoms with E-state index < -0.39 is 11.6 Å². The normalized spacial score (nSPS) is 21.3. The molecule has 2 rings (SSSR count). The predicted octanol–water partition coefficient (Wildman–Crippen LogP) is 4.14. The Labute approximate surface area is 92.6 Å². The first kappa shape index (κ1) is 10.6. The van der Waals surface area contributed by atoms with E-state index in [0.717, 1.165) is 36.5 Å². The number of rotatable bonds is 1. The molecule has 1 unspecified atom stereocenters. The second-order valence-corrected chi connectivity index (χ2v) is 4.29. The Morgan fingerprint density at radius 2 is 2.00 bits per heavy atom. The fraction of sp³-hybridized carbons (Fsp3) is 0.333. The summed E-state index contributed by atoms with van der Waals surface area (Å²) in [6.45, 7) is 0. The Hall–Kier alpha value is -0.890. The quantitative estimate of drug-likeness (QED) is 0.634. The fourth-order valence-electron chi connectivity index (χ4n) is 1.81. The third kappa shape index (κ3) is 2.37. The Morgan fingerprint density at radius 1 is 1.20 bits per heavy atom. The summed E-state index contributed by atoms with van der Waals surface area (Å²) in [4.78, 5) is 0. The molecule has 0 saturated heterocycles.